The minimum atomic E-state index is -1.18. The van der Waals surface area contributed by atoms with E-state index < -0.39 is 52.9 Å². The van der Waals surface area contributed by atoms with Crippen LogP contribution in [0.25, 0.3) is 0 Å². The molecule has 0 saturated heterocycles. The number of rotatable bonds is 19. The van der Waals surface area contributed by atoms with E-state index in [0.29, 0.717) is 0 Å². The van der Waals surface area contributed by atoms with Gasteiger partial charge in [0.2, 0.25) is 11.8 Å². The number of hydrogen-bond acceptors (Lipinski definition) is 8. The third-order valence-electron chi connectivity index (χ3n) is 9.92. The standard InChI is InChI=1S/C52H53N3O6S2/c1-51(2,3)61-46(56)34-53-48(57)44(36-62-47(39-24-12-5-13-25-39)40-26-14-6-15-27-40)54-49(58)45(55-50(59)60-35-38-22-10-4-11-23-38)37-63-52(41-28-16-7-17-29-41,42-30-18-8-19-31-42)43-32-20-9-21-33-43/h4-33,44-45,47H,34-37H2,1-3H3,(H,53,57)(H,54,58)(H,55,59)/t44-,45+/m1/s1. The first-order valence-corrected chi connectivity index (χ1v) is 22.8. The van der Waals surface area contributed by atoms with Crippen LogP contribution in [0, 0.1) is 0 Å². The van der Waals surface area contributed by atoms with Crippen LogP contribution in [-0.2, 0) is 35.2 Å². The van der Waals surface area contributed by atoms with E-state index in [0.717, 1.165) is 33.4 Å². The Morgan fingerprint density at radius 2 is 0.968 bits per heavy atom. The fourth-order valence-electron chi connectivity index (χ4n) is 7.02. The Morgan fingerprint density at radius 3 is 1.43 bits per heavy atom. The Labute approximate surface area is 378 Å². The van der Waals surface area contributed by atoms with E-state index >= 15 is 0 Å². The van der Waals surface area contributed by atoms with Gasteiger partial charge < -0.3 is 25.4 Å². The number of carbonyl (C=O) groups excluding carboxylic acids is 4. The van der Waals surface area contributed by atoms with Crippen LogP contribution in [0.15, 0.2) is 182 Å². The zero-order valence-corrected chi connectivity index (χ0v) is 37.3. The number of ether oxygens (including phenoxy) is 2. The van der Waals surface area contributed by atoms with Crippen molar-refractivity contribution >= 4 is 47.4 Å². The van der Waals surface area contributed by atoms with Gasteiger partial charge in [0, 0.05) is 11.5 Å². The molecule has 0 saturated carbocycles. The van der Waals surface area contributed by atoms with Gasteiger partial charge in [0.1, 0.15) is 30.8 Å². The Bertz CT molecular complexity index is 2220. The molecule has 0 aromatic heterocycles. The van der Waals surface area contributed by atoms with Crippen molar-refractivity contribution in [3.63, 3.8) is 0 Å². The van der Waals surface area contributed by atoms with E-state index in [-0.39, 0.29) is 23.4 Å². The molecule has 0 unspecified atom stereocenters. The van der Waals surface area contributed by atoms with Gasteiger partial charge in [-0.2, -0.15) is 0 Å². The number of thioether (sulfide) groups is 2. The number of carbonyl (C=O) groups is 4. The van der Waals surface area contributed by atoms with Crippen LogP contribution in [0.5, 0.6) is 0 Å². The molecule has 11 heteroatoms. The maximum Gasteiger partial charge on any atom is 0.408 e. The molecule has 9 nitrogen and oxygen atoms in total. The summed E-state index contributed by atoms with van der Waals surface area (Å²) in [5.74, 6) is -1.60. The zero-order valence-electron chi connectivity index (χ0n) is 35.6. The zero-order chi connectivity index (χ0) is 44.5. The van der Waals surface area contributed by atoms with Crippen LogP contribution in [0.1, 0.15) is 59.4 Å². The van der Waals surface area contributed by atoms with Crippen molar-refractivity contribution in [3.8, 4) is 0 Å². The number of alkyl carbamates (subject to hydrolysis) is 1. The van der Waals surface area contributed by atoms with Gasteiger partial charge in [0.25, 0.3) is 0 Å². The first-order chi connectivity index (χ1) is 30.5. The quantitative estimate of drug-likeness (QED) is 0.0544. The Hall–Kier alpha value is -6.30. The lowest BCUT2D eigenvalue weighted by molar-refractivity contribution is -0.154. The topological polar surface area (TPSA) is 123 Å². The second-order valence-corrected chi connectivity index (χ2v) is 18.1. The average molecular weight is 880 g/mol. The molecule has 0 aliphatic rings. The summed E-state index contributed by atoms with van der Waals surface area (Å²) in [5, 5.41) is 8.32. The summed E-state index contributed by atoms with van der Waals surface area (Å²) in [6, 6.07) is 56.9. The lowest BCUT2D eigenvalue weighted by Crippen LogP contribution is -2.56. The van der Waals surface area contributed by atoms with Crippen LogP contribution in [0.3, 0.4) is 0 Å². The highest BCUT2D eigenvalue weighted by Gasteiger charge is 2.39. The van der Waals surface area contributed by atoms with Crippen LogP contribution in [0.2, 0.25) is 0 Å². The monoisotopic (exact) mass is 879 g/mol. The molecule has 0 aliphatic carbocycles. The van der Waals surface area contributed by atoms with Crippen molar-refractivity contribution in [1.82, 2.24) is 16.0 Å². The van der Waals surface area contributed by atoms with E-state index in [9.17, 15) is 19.2 Å². The predicted octanol–water partition coefficient (Wildman–Crippen LogP) is 9.47. The predicted molar refractivity (Wildman–Crippen MR) is 253 cm³/mol. The highest BCUT2D eigenvalue weighted by Crippen LogP contribution is 2.48. The molecule has 0 fully saturated rings. The average Bonchev–Trinajstić information content (AvgIpc) is 3.31. The maximum absolute atomic E-state index is 14.8. The lowest BCUT2D eigenvalue weighted by Gasteiger charge is -2.36. The van der Waals surface area contributed by atoms with Gasteiger partial charge in [-0.15, -0.1) is 23.5 Å². The van der Waals surface area contributed by atoms with Crippen LogP contribution < -0.4 is 16.0 Å². The maximum atomic E-state index is 14.8. The van der Waals surface area contributed by atoms with Gasteiger partial charge in [-0.1, -0.05) is 182 Å². The van der Waals surface area contributed by atoms with E-state index in [4.69, 9.17) is 9.47 Å². The van der Waals surface area contributed by atoms with Crippen LogP contribution in [-0.4, -0.2) is 59.6 Å². The number of esters is 1. The summed E-state index contributed by atoms with van der Waals surface area (Å²) >= 11 is 2.97. The molecule has 2 atom stereocenters. The minimum absolute atomic E-state index is 0.0111. The number of nitrogens with one attached hydrogen (secondary N) is 3. The van der Waals surface area contributed by atoms with E-state index in [1.807, 2.05) is 146 Å². The Morgan fingerprint density at radius 1 is 0.540 bits per heavy atom. The second kappa shape index (κ2) is 22.7. The summed E-state index contributed by atoms with van der Waals surface area (Å²) in [6.07, 6.45) is -0.794. The van der Waals surface area contributed by atoms with E-state index in [1.54, 1.807) is 20.8 Å². The Balaban J connectivity index is 1.33. The summed E-state index contributed by atoms with van der Waals surface area (Å²) in [7, 11) is 0. The van der Waals surface area contributed by atoms with Crippen molar-refractivity contribution in [3.05, 3.63) is 215 Å². The molecule has 0 aliphatic heterocycles. The summed E-state index contributed by atoms with van der Waals surface area (Å²) < 4.78 is 10.3. The SMILES string of the molecule is CC(C)(C)OC(=O)CNC(=O)[C@@H](CSC(c1ccccc1)c1ccccc1)NC(=O)[C@H](CSC(c1ccccc1)(c1ccccc1)c1ccccc1)NC(=O)OCc1ccccc1. The molecule has 0 bridgehead atoms. The van der Waals surface area contributed by atoms with Gasteiger partial charge in [0.15, 0.2) is 0 Å². The summed E-state index contributed by atoms with van der Waals surface area (Å²) in [6.45, 7) is 4.83. The molecule has 3 N–H and O–H groups in total. The third-order valence-corrected chi connectivity index (χ3v) is 13.0. The van der Waals surface area contributed by atoms with Gasteiger partial charge in [-0.05, 0) is 54.2 Å². The summed E-state index contributed by atoms with van der Waals surface area (Å²) in [5.41, 5.74) is 4.98. The molecule has 0 radical (unpaired) electrons. The van der Waals surface area contributed by atoms with Crippen molar-refractivity contribution in [2.24, 2.45) is 0 Å². The van der Waals surface area contributed by atoms with Crippen LogP contribution >= 0.6 is 23.5 Å². The molecule has 3 amide bonds. The fraction of sp³-hybridized carbons (Fsp3) is 0.231. The Kier molecular flexibility index (Phi) is 16.6. The second-order valence-electron chi connectivity index (χ2n) is 15.7. The number of hydrogen-bond donors (Lipinski definition) is 3. The first kappa shape index (κ1) is 46.2. The largest absolute Gasteiger partial charge is 0.459 e. The van der Waals surface area contributed by atoms with Crippen molar-refractivity contribution < 1.29 is 28.7 Å². The highest BCUT2D eigenvalue weighted by atomic mass is 32.2. The summed E-state index contributed by atoms with van der Waals surface area (Å²) in [4.78, 5) is 55.4. The molecule has 0 heterocycles. The van der Waals surface area contributed by atoms with Crippen molar-refractivity contribution in [1.29, 1.82) is 0 Å². The highest BCUT2D eigenvalue weighted by molar-refractivity contribution is 8.00. The van der Waals surface area contributed by atoms with Crippen molar-refractivity contribution in [2.75, 3.05) is 18.1 Å². The van der Waals surface area contributed by atoms with Gasteiger partial charge in [-0.3, -0.25) is 14.4 Å². The van der Waals surface area contributed by atoms with Crippen molar-refractivity contribution in [2.45, 2.75) is 55.1 Å². The molecule has 6 rings (SSSR count). The number of benzene rings is 6. The smallest absolute Gasteiger partial charge is 0.408 e. The fourth-order valence-corrected chi connectivity index (χ4v) is 9.89. The normalized spacial score (nSPS) is 12.4. The van der Waals surface area contributed by atoms with E-state index in [1.165, 1.54) is 23.5 Å². The van der Waals surface area contributed by atoms with Gasteiger partial charge in [-0.25, -0.2) is 4.79 Å². The van der Waals surface area contributed by atoms with Gasteiger partial charge >= 0.3 is 12.1 Å². The molecule has 63 heavy (non-hydrogen) atoms. The minimum Gasteiger partial charge on any atom is -0.459 e. The molecule has 0 spiro atoms. The van der Waals surface area contributed by atoms with Gasteiger partial charge in [0.05, 0.1) is 10.00 Å². The lowest BCUT2D eigenvalue weighted by atomic mass is 9.84. The van der Waals surface area contributed by atoms with E-state index in [2.05, 4.69) is 52.3 Å². The molecule has 324 valence electrons. The molecule has 6 aromatic rings. The molecular formula is C52H53N3O6S2. The first-order valence-electron chi connectivity index (χ1n) is 20.8. The van der Waals surface area contributed by atoms with Crippen LogP contribution in [0.4, 0.5) is 4.79 Å². The molecule has 6 aromatic carbocycles. The molecular weight excluding hydrogens is 827 g/mol. The number of amides is 3. The third kappa shape index (κ3) is 13.3.